The maximum atomic E-state index is 13.7. The van der Waals surface area contributed by atoms with Crippen molar-refractivity contribution in [2.24, 2.45) is 0 Å². The highest BCUT2D eigenvalue weighted by atomic mass is 32.2. The number of amides is 2. The largest absolute Gasteiger partial charge is 0.506 e. The van der Waals surface area contributed by atoms with E-state index in [9.17, 15) is 14.7 Å². The number of phenolic OH excluding ortho intramolecular Hbond substituents is 1. The Morgan fingerprint density at radius 1 is 0.712 bits per heavy atom. The Kier molecular flexibility index (Phi) is 18.9. The summed E-state index contributed by atoms with van der Waals surface area (Å²) in [7, 11) is 0. The predicted octanol–water partition coefficient (Wildman–Crippen LogP) is 12.6. The third-order valence-electron chi connectivity index (χ3n) is 9.22. The zero-order valence-electron chi connectivity index (χ0n) is 31.2. The fraction of sp³-hybridized carbons (Fsp3) is 0.524. The minimum Gasteiger partial charge on any atom is -0.506 e. The van der Waals surface area contributed by atoms with E-state index >= 15 is 0 Å². The number of nitrogens with zero attached hydrogens (tertiary/aromatic N) is 2. The monoisotopic (exact) mass is 746 g/mol. The third-order valence-corrected chi connectivity index (χ3v) is 11.2. The molecule has 0 fully saturated rings. The second kappa shape index (κ2) is 23.8. The summed E-state index contributed by atoms with van der Waals surface area (Å²) in [5.74, 6) is 0.0167. The van der Waals surface area contributed by atoms with Crippen molar-refractivity contribution in [3.8, 4) is 11.5 Å². The van der Waals surface area contributed by atoms with Gasteiger partial charge >= 0.3 is 0 Å². The van der Waals surface area contributed by atoms with E-state index in [1.807, 2.05) is 42.5 Å². The second-order valence-electron chi connectivity index (χ2n) is 13.5. The van der Waals surface area contributed by atoms with Crippen LogP contribution < -0.4 is 15.4 Å². The Morgan fingerprint density at radius 3 is 1.96 bits per heavy atom. The van der Waals surface area contributed by atoms with Crippen molar-refractivity contribution in [1.29, 1.82) is 0 Å². The van der Waals surface area contributed by atoms with Crippen LogP contribution in [0.1, 0.15) is 146 Å². The van der Waals surface area contributed by atoms with Gasteiger partial charge in [-0.1, -0.05) is 176 Å². The molecule has 0 bridgehead atoms. The van der Waals surface area contributed by atoms with Crippen LogP contribution in [0.5, 0.6) is 11.5 Å². The molecule has 10 heteroatoms. The first-order valence-electron chi connectivity index (χ1n) is 19.6. The minimum atomic E-state index is -0.438. The zero-order chi connectivity index (χ0) is 36.8. The van der Waals surface area contributed by atoms with Gasteiger partial charge in [0.2, 0.25) is 11.0 Å². The topological polar surface area (TPSA) is 113 Å². The number of phenols is 1. The first-order chi connectivity index (χ1) is 25.5. The van der Waals surface area contributed by atoms with Gasteiger partial charge in [0.1, 0.15) is 11.5 Å². The smallest absolute Gasteiger partial charge is 0.259 e. The van der Waals surface area contributed by atoms with Gasteiger partial charge in [0.25, 0.3) is 5.91 Å². The molecule has 0 radical (unpaired) electrons. The molecule has 0 spiro atoms. The Bertz CT molecular complexity index is 1660. The van der Waals surface area contributed by atoms with E-state index < -0.39 is 5.91 Å². The number of hydrogen-bond acceptors (Lipinski definition) is 8. The van der Waals surface area contributed by atoms with Crippen molar-refractivity contribution in [2.45, 2.75) is 145 Å². The van der Waals surface area contributed by atoms with Crippen LogP contribution in [0.15, 0.2) is 63.8 Å². The van der Waals surface area contributed by atoms with Crippen LogP contribution in [-0.4, -0.2) is 33.7 Å². The van der Waals surface area contributed by atoms with E-state index in [-0.39, 0.29) is 17.2 Å². The van der Waals surface area contributed by atoms with Gasteiger partial charge in [-0.3, -0.25) is 9.59 Å². The molecule has 0 aliphatic rings. The van der Waals surface area contributed by atoms with E-state index in [0.29, 0.717) is 39.3 Å². The second-order valence-corrected chi connectivity index (χ2v) is 15.8. The molecule has 0 aliphatic heterocycles. The first kappa shape index (κ1) is 41.1. The molecule has 3 aromatic carbocycles. The summed E-state index contributed by atoms with van der Waals surface area (Å²) >= 11 is 2.63. The molecule has 0 unspecified atom stereocenters. The number of nitrogens with one attached hydrogen (secondary N) is 2. The Balaban J connectivity index is 1.30. The quantitative estimate of drug-likeness (QED) is 0.0433. The highest BCUT2D eigenvalue weighted by Crippen LogP contribution is 2.41. The average molecular weight is 747 g/mol. The lowest BCUT2D eigenvalue weighted by atomic mass is 10.0. The van der Waals surface area contributed by atoms with Gasteiger partial charge in [-0.2, -0.15) is 0 Å². The number of unbranched alkanes of at least 4 members (excludes halogenated alkanes) is 16. The number of carbonyl (C=O) groups is 2. The van der Waals surface area contributed by atoms with Gasteiger partial charge in [-0.25, -0.2) is 0 Å². The van der Waals surface area contributed by atoms with Crippen LogP contribution in [0.25, 0.3) is 10.8 Å². The highest BCUT2D eigenvalue weighted by Gasteiger charge is 2.20. The highest BCUT2D eigenvalue weighted by molar-refractivity contribution is 8.01. The molecule has 0 aliphatic carbocycles. The summed E-state index contributed by atoms with van der Waals surface area (Å²) in [5.41, 5.74) is 0.701. The SMILES string of the molecule is CCCCCCCCCCCCCCOc1ccccc1NC(=O)c1cc(Sc2nnc(NC(=O)CCCCCCCC)s2)c2ccccc2c1O. The number of ether oxygens (including phenoxy) is 1. The van der Waals surface area contributed by atoms with Crippen LogP contribution in [-0.2, 0) is 4.79 Å². The molecular weight excluding hydrogens is 689 g/mol. The average Bonchev–Trinajstić information content (AvgIpc) is 3.59. The van der Waals surface area contributed by atoms with Crippen molar-refractivity contribution in [2.75, 3.05) is 17.2 Å². The third kappa shape index (κ3) is 14.1. The fourth-order valence-corrected chi connectivity index (χ4v) is 8.14. The molecule has 4 aromatic rings. The molecule has 0 saturated carbocycles. The van der Waals surface area contributed by atoms with Crippen LogP contribution >= 0.6 is 23.1 Å². The molecule has 1 aromatic heterocycles. The standard InChI is InChI=1S/C42H58N4O4S2/c1-3-5-7-9-11-12-13-14-15-16-18-24-30-50-36-28-23-22-27-35(36)43-40(49)34-31-37(32-25-20-21-26-33(32)39(34)48)51-42-46-45-41(52-42)44-38(47)29-19-17-10-8-6-4-2/h20-23,25-28,31,48H,3-19,24,29-30H2,1-2H3,(H,43,49)(H,44,45,47). The van der Waals surface area contributed by atoms with Crippen LogP contribution in [0.3, 0.4) is 0 Å². The van der Waals surface area contributed by atoms with E-state index in [4.69, 9.17) is 4.74 Å². The minimum absolute atomic E-state index is 0.0597. The molecule has 0 atom stereocenters. The molecule has 8 nitrogen and oxygen atoms in total. The Labute approximate surface area is 318 Å². The van der Waals surface area contributed by atoms with E-state index in [0.717, 1.165) is 42.4 Å². The van der Waals surface area contributed by atoms with Crippen molar-refractivity contribution in [1.82, 2.24) is 10.2 Å². The Morgan fingerprint density at radius 2 is 1.29 bits per heavy atom. The van der Waals surface area contributed by atoms with Crippen molar-refractivity contribution in [3.63, 3.8) is 0 Å². The molecule has 3 N–H and O–H groups in total. The number of aromatic hydroxyl groups is 1. The molecule has 0 saturated heterocycles. The van der Waals surface area contributed by atoms with Gasteiger partial charge in [-0.15, -0.1) is 10.2 Å². The van der Waals surface area contributed by atoms with Gasteiger partial charge in [0, 0.05) is 16.7 Å². The summed E-state index contributed by atoms with van der Waals surface area (Å²) in [5, 5.41) is 27.4. The molecule has 282 valence electrons. The number of para-hydroxylation sites is 2. The molecule has 52 heavy (non-hydrogen) atoms. The Hall–Kier alpha value is -3.63. The number of hydrogen-bond donors (Lipinski definition) is 3. The summed E-state index contributed by atoms with van der Waals surface area (Å²) < 4.78 is 6.73. The lowest BCUT2D eigenvalue weighted by Crippen LogP contribution is -2.13. The van der Waals surface area contributed by atoms with E-state index in [1.165, 1.54) is 107 Å². The molecule has 2 amide bonds. The maximum Gasteiger partial charge on any atom is 0.259 e. The zero-order valence-corrected chi connectivity index (χ0v) is 32.9. The molecular formula is C42H58N4O4S2. The number of benzene rings is 3. The number of anilines is 2. The normalized spacial score (nSPS) is 11.2. The lowest BCUT2D eigenvalue weighted by Gasteiger charge is -2.15. The van der Waals surface area contributed by atoms with Gasteiger partial charge < -0.3 is 20.5 Å². The number of rotatable bonds is 26. The predicted molar refractivity (Wildman–Crippen MR) is 217 cm³/mol. The summed E-state index contributed by atoms with van der Waals surface area (Å²) in [4.78, 5) is 26.9. The summed E-state index contributed by atoms with van der Waals surface area (Å²) in [6, 6.07) is 16.5. The fourth-order valence-electron chi connectivity index (χ4n) is 6.24. The first-order valence-corrected chi connectivity index (χ1v) is 21.2. The number of carbonyl (C=O) groups excluding carboxylic acids is 2. The summed E-state index contributed by atoms with van der Waals surface area (Å²) in [6.07, 6.45) is 22.6. The van der Waals surface area contributed by atoms with E-state index in [1.54, 1.807) is 12.1 Å². The number of fused-ring (bicyclic) bond motifs is 1. The number of aromatic nitrogens is 2. The van der Waals surface area contributed by atoms with Crippen LogP contribution in [0.4, 0.5) is 10.8 Å². The van der Waals surface area contributed by atoms with Gasteiger partial charge in [0.05, 0.1) is 17.9 Å². The molecule has 1 heterocycles. The van der Waals surface area contributed by atoms with Crippen molar-refractivity contribution >= 4 is 56.5 Å². The van der Waals surface area contributed by atoms with E-state index in [2.05, 4.69) is 34.7 Å². The van der Waals surface area contributed by atoms with Crippen molar-refractivity contribution < 1.29 is 19.4 Å². The van der Waals surface area contributed by atoms with Crippen molar-refractivity contribution in [3.05, 3.63) is 60.2 Å². The van der Waals surface area contributed by atoms with Gasteiger partial charge in [0.15, 0.2) is 4.34 Å². The van der Waals surface area contributed by atoms with Crippen LogP contribution in [0, 0.1) is 0 Å². The maximum absolute atomic E-state index is 13.7. The molecule has 4 rings (SSSR count). The lowest BCUT2D eigenvalue weighted by molar-refractivity contribution is -0.116. The van der Waals surface area contributed by atoms with Gasteiger partial charge in [-0.05, 0) is 36.4 Å². The summed E-state index contributed by atoms with van der Waals surface area (Å²) in [6.45, 7) is 5.04. The van der Waals surface area contributed by atoms with Crippen LogP contribution in [0.2, 0.25) is 0 Å².